The standard InChI is InChI=1S/C53H50N3O.Pt/c1-33(2)43-14-11-15-44(34(3)4)50(43)37-23-25-42(26-24-37)56-48-17-12-16-45(51(48)55-52(56)46-13-9-10-18-49(46)57)39-29-40(31-41(30-39)53(6,7)8)47-32-38(27-28-54-47)36-21-19-35(5)20-22-36;/h9-28,30-34,57H,1-8H3;/q-1;/i5D3,33D,34D;. The molecule has 5 heteroatoms. The van der Waals surface area contributed by atoms with Crippen LogP contribution in [0, 0.1) is 12.9 Å². The molecule has 0 aliphatic rings. The normalized spacial score (nSPS) is 13.5. The summed E-state index contributed by atoms with van der Waals surface area (Å²) < 4.78 is 43.5. The zero-order valence-corrected chi connectivity index (χ0v) is 36.2. The Morgan fingerprint density at radius 1 is 0.690 bits per heavy atom. The van der Waals surface area contributed by atoms with Crippen molar-refractivity contribution in [2.75, 3.05) is 0 Å². The van der Waals surface area contributed by atoms with E-state index in [0.717, 1.165) is 78.0 Å². The minimum absolute atomic E-state index is 0. The number of hydrogen-bond acceptors (Lipinski definition) is 3. The van der Waals surface area contributed by atoms with Crippen LogP contribution in [0.4, 0.5) is 0 Å². The summed E-state index contributed by atoms with van der Waals surface area (Å²) in [6.07, 6.45) is 1.77. The summed E-state index contributed by atoms with van der Waals surface area (Å²) in [7, 11) is 0. The molecule has 58 heavy (non-hydrogen) atoms. The van der Waals surface area contributed by atoms with Gasteiger partial charge in [-0.3, -0.25) is 9.55 Å². The van der Waals surface area contributed by atoms with Crippen LogP contribution in [-0.4, -0.2) is 19.6 Å². The molecule has 8 rings (SSSR count). The van der Waals surface area contributed by atoms with Crippen molar-refractivity contribution < 1.29 is 33.0 Å². The van der Waals surface area contributed by atoms with Crippen LogP contribution in [0.25, 0.3) is 72.7 Å². The molecule has 0 saturated heterocycles. The Morgan fingerprint density at radius 3 is 1.98 bits per heavy atom. The summed E-state index contributed by atoms with van der Waals surface area (Å²) in [6.45, 7) is 11.9. The van der Waals surface area contributed by atoms with Crippen LogP contribution in [0.1, 0.15) is 89.4 Å². The maximum Gasteiger partial charge on any atom is 0.148 e. The monoisotopic (exact) mass is 944 g/mol. The van der Waals surface area contributed by atoms with Gasteiger partial charge in [-0.15, -0.1) is 29.3 Å². The summed E-state index contributed by atoms with van der Waals surface area (Å²) in [5.41, 5.74) is 12.7. The van der Waals surface area contributed by atoms with E-state index in [1.165, 1.54) is 0 Å². The summed E-state index contributed by atoms with van der Waals surface area (Å²) in [6, 6.07) is 46.4. The van der Waals surface area contributed by atoms with Crippen LogP contribution < -0.4 is 0 Å². The molecule has 8 aromatic rings. The average molecular weight is 945 g/mol. The minimum Gasteiger partial charge on any atom is -0.507 e. The van der Waals surface area contributed by atoms with Crippen molar-refractivity contribution in [1.82, 2.24) is 14.5 Å². The van der Waals surface area contributed by atoms with Gasteiger partial charge in [-0.1, -0.05) is 150 Å². The second-order valence-electron chi connectivity index (χ2n) is 16.2. The van der Waals surface area contributed by atoms with Crippen LogP contribution in [0.2, 0.25) is 0 Å². The maximum absolute atomic E-state index is 11.3. The number of imidazole rings is 1. The van der Waals surface area contributed by atoms with E-state index in [2.05, 4.69) is 61.7 Å². The number of fused-ring (bicyclic) bond motifs is 1. The van der Waals surface area contributed by atoms with Crippen molar-refractivity contribution in [2.24, 2.45) is 0 Å². The minimum atomic E-state index is -2.18. The Kier molecular flexibility index (Phi) is 9.72. The molecule has 294 valence electrons. The molecule has 0 spiro atoms. The number of phenolic OH excluding ortho intramolecular Hbond substituents is 1. The van der Waals surface area contributed by atoms with E-state index in [-0.39, 0.29) is 32.2 Å². The van der Waals surface area contributed by atoms with Crippen molar-refractivity contribution in [3.8, 4) is 67.5 Å². The molecular formula is C53H50N3OPt-. The fraction of sp³-hybridized carbons (Fsp3) is 0.208. The molecule has 0 saturated carbocycles. The van der Waals surface area contributed by atoms with Gasteiger partial charge in [0.15, 0.2) is 0 Å². The third kappa shape index (κ3) is 7.83. The second-order valence-corrected chi connectivity index (χ2v) is 16.2. The molecule has 0 amide bonds. The largest absolute Gasteiger partial charge is 0.507 e. The number of benzene rings is 6. The first-order chi connectivity index (χ1) is 29.2. The molecular weight excluding hydrogens is 890 g/mol. The van der Waals surface area contributed by atoms with Gasteiger partial charge in [-0.05, 0) is 93.8 Å². The third-order valence-electron chi connectivity index (χ3n) is 10.7. The van der Waals surface area contributed by atoms with E-state index in [0.29, 0.717) is 17.0 Å². The van der Waals surface area contributed by atoms with Crippen molar-refractivity contribution in [3.05, 3.63) is 168 Å². The number of pyridine rings is 1. The quantitative estimate of drug-likeness (QED) is 0.154. The van der Waals surface area contributed by atoms with Crippen LogP contribution in [0.5, 0.6) is 5.75 Å². The van der Waals surface area contributed by atoms with Crippen molar-refractivity contribution in [1.29, 1.82) is 0 Å². The van der Waals surface area contributed by atoms with Crippen LogP contribution in [0.3, 0.4) is 0 Å². The number of aromatic hydroxyl groups is 1. The molecule has 1 N–H and O–H groups in total. The number of phenols is 1. The van der Waals surface area contributed by atoms with Gasteiger partial charge in [0.1, 0.15) is 11.6 Å². The van der Waals surface area contributed by atoms with Crippen LogP contribution in [0.15, 0.2) is 140 Å². The number of para-hydroxylation sites is 2. The van der Waals surface area contributed by atoms with E-state index in [4.69, 9.17) is 16.8 Å². The first-order valence-corrected chi connectivity index (χ1v) is 19.4. The summed E-state index contributed by atoms with van der Waals surface area (Å²) in [4.78, 5) is 10.1. The van der Waals surface area contributed by atoms with Crippen molar-refractivity contribution in [2.45, 2.75) is 72.5 Å². The van der Waals surface area contributed by atoms with E-state index in [9.17, 15) is 5.11 Å². The van der Waals surface area contributed by atoms with Gasteiger partial charge in [0, 0.05) is 45.5 Å². The summed E-state index contributed by atoms with van der Waals surface area (Å²) >= 11 is 0. The van der Waals surface area contributed by atoms with Gasteiger partial charge in [0.25, 0.3) is 0 Å². The van der Waals surface area contributed by atoms with Gasteiger partial charge in [0.2, 0.25) is 0 Å². The number of hydrogen-bond donors (Lipinski definition) is 1. The number of aromatic nitrogens is 3. The number of nitrogens with zero attached hydrogens (tertiary/aromatic N) is 3. The molecule has 0 aliphatic carbocycles. The van der Waals surface area contributed by atoms with Crippen molar-refractivity contribution >= 4 is 11.0 Å². The Morgan fingerprint density at radius 2 is 1.33 bits per heavy atom. The number of aryl methyl sites for hydroxylation is 1. The van der Waals surface area contributed by atoms with E-state index >= 15 is 0 Å². The van der Waals surface area contributed by atoms with E-state index in [1.54, 1.807) is 30.5 Å². The van der Waals surface area contributed by atoms with Gasteiger partial charge in [0.05, 0.1) is 16.6 Å². The van der Waals surface area contributed by atoms with Gasteiger partial charge >= 0.3 is 0 Å². The molecule has 0 radical (unpaired) electrons. The third-order valence-corrected chi connectivity index (χ3v) is 10.7. The summed E-state index contributed by atoms with van der Waals surface area (Å²) in [5, 5.41) is 11.3. The predicted octanol–water partition coefficient (Wildman–Crippen LogP) is 14.1. The van der Waals surface area contributed by atoms with E-state index < -0.39 is 18.6 Å². The molecule has 0 unspecified atom stereocenters. The zero-order chi connectivity index (χ0) is 44.4. The molecule has 0 atom stereocenters. The number of rotatable bonds is 8. The molecule has 0 aliphatic heterocycles. The molecule has 6 aromatic carbocycles. The Bertz CT molecular complexity index is 2920. The van der Waals surface area contributed by atoms with Crippen LogP contribution >= 0.6 is 0 Å². The van der Waals surface area contributed by atoms with Crippen molar-refractivity contribution in [3.63, 3.8) is 0 Å². The molecule has 0 fully saturated rings. The molecule has 2 aromatic heterocycles. The second kappa shape index (κ2) is 16.4. The first-order valence-electron chi connectivity index (χ1n) is 21.9. The zero-order valence-electron chi connectivity index (χ0n) is 38.9. The maximum atomic E-state index is 11.3. The summed E-state index contributed by atoms with van der Waals surface area (Å²) in [5.74, 6) is -1.09. The fourth-order valence-electron chi connectivity index (χ4n) is 7.60. The average Bonchev–Trinajstić information content (AvgIpc) is 3.62. The Labute approximate surface area is 365 Å². The fourth-order valence-corrected chi connectivity index (χ4v) is 7.60. The molecule has 0 bridgehead atoms. The molecule has 4 nitrogen and oxygen atoms in total. The van der Waals surface area contributed by atoms with Gasteiger partial charge in [-0.25, -0.2) is 4.98 Å². The predicted molar refractivity (Wildman–Crippen MR) is 238 cm³/mol. The van der Waals surface area contributed by atoms with Gasteiger partial charge < -0.3 is 5.11 Å². The smallest absolute Gasteiger partial charge is 0.148 e. The Balaban J connectivity index is 0.00000595. The SMILES string of the molecule is [2H]C([2H])([2H])c1ccc(-c2ccnc(-c3[c-]c(-c4cccc5c4nc(-c4ccccc4O)n5-c4ccc(-c5c(C([2H])(C)C)cccc5C([2H])(C)C)cc4)cc(C(C)(C)C)c3)c2)cc1.[Pt]. The van der Waals surface area contributed by atoms with E-state index in [1.807, 2.05) is 107 Å². The van der Waals surface area contributed by atoms with Crippen LogP contribution in [-0.2, 0) is 26.5 Å². The molecule has 2 heterocycles. The topological polar surface area (TPSA) is 50.9 Å². The van der Waals surface area contributed by atoms with Gasteiger partial charge in [-0.2, -0.15) is 0 Å². The first kappa shape index (κ1) is 34.5. The Hall–Kier alpha value is -5.57.